The lowest BCUT2D eigenvalue weighted by Gasteiger charge is -2.03. The molecule has 0 heterocycles. The van der Waals surface area contributed by atoms with Crippen LogP contribution < -0.4 is 4.18 Å². The molecule has 1 unspecified atom stereocenters. The Hall–Kier alpha value is -0.860. The second-order valence-corrected chi connectivity index (χ2v) is 3.05. The molecule has 0 saturated heterocycles. The average Bonchev–Trinajstić information content (AvgIpc) is 2.08. The van der Waals surface area contributed by atoms with Gasteiger partial charge in [0.05, 0.1) is 0 Å². The Kier molecular flexibility index (Phi) is 6.17. The van der Waals surface area contributed by atoms with E-state index in [9.17, 15) is 8.42 Å². The molecule has 0 aliphatic carbocycles. The van der Waals surface area contributed by atoms with E-state index in [4.69, 9.17) is 0 Å². The maximum atomic E-state index is 10.3. The Bertz CT molecular complexity index is 366. The second kappa shape index (κ2) is 6.57. The predicted octanol–water partition coefficient (Wildman–Crippen LogP) is 1.38. The summed E-state index contributed by atoms with van der Waals surface area (Å²) in [7, 11) is -2.84. The highest BCUT2D eigenvalue weighted by Crippen LogP contribution is 2.18. The van der Waals surface area contributed by atoms with Crippen molar-refractivity contribution in [1.29, 1.82) is 0 Å². The third-order valence-electron chi connectivity index (χ3n) is 1.51. The monoisotopic (exact) mass is 232 g/mol. The molecule has 5 heteroatoms. The molecule has 0 N–H and O–H groups in total. The maximum Gasteiger partial charge on any atom is 0.299 e. The molecule has 0 radical (unpaired) electrons. The van der Waals surface area contributed by atoms with E-state index < -0.39 is 11.0 Å². The lowest BCUT2D eigenvalue weighted by atomic mass is 10.1. The minimum atomic E-state index is -2.84. The minimum Gasteiger partial charge on any atom is -0.384 e. The first-order chi connectivity index (χ1) is 6.24. The molecule has 1 atom stereocenters. The lowest BCUT2D eigenvalue weighted by Crippen LogP contribution is -1.94. The smallest absolute Gasteiger partial charge is 0.299 e. The van der Waals surface area contributed by atoms with Crippen LogP contribution in [0.1, 0.15) is 5.56 Å². The van der Waals surface area contributed by atoms with E-state index in [-0.39, 0.29) is 9.90 Å². The zero-order valence-corrected chi connectivity index (χ0v) is 9.99. The van der Waals surface area contributed by atoms with Gasteiger partial charge in [-0.15, -0.1) is 6.58 Å². The molecule has 78 valence electrons. The first kappa shape index (κ1) is 13.1. The second-order valence-electron chi connectivity index (χ2n) is 2.42. The molecule has 0 aliphatic rings. The number of hydrogen-bond acceptors (Lipinski definition) is 3. The Morgan fingerprint density at radius 3 is 2.57 bits per heavy atom. The summed E-state index contributed by atoms with van der Waals surface area (Å²) in [6, 6.07) is 6.96. The van der Waals surface area contributed by atoms with E-state index in [1.165, 1.54) is 0 Å². The molecule has 0 aliphatic heterocycles. The van der Waals surface area contributed by atoms with Crippen LogP contribution in [-0.4, -0.2) is 8.42 Å². The van der Waals surface area contributed by atoms with Gasteiger partial charge >= 0.3 is 0 Å². The average molecular weight is 232 g/mol. The highest BCUT2D eigenvalue weighted by Gasteiger charge is 2.00. The van der Waals surface area contributed by atoms with Crippen molar-refractivity contribution in [2.24, 2.45) is 0 Å². The molecule has 1 aromatic rings. The third kappa shape index (κ3) is 3.90. The lowest BCUT2D eigenvalue weighted by molar-refractivity contribution is 0.508. The molecular formula is C9H13O3PS. The van der Waals surface area contributed by atoms with Crippen molar-refractivity contribution in [1.82, 2.24) is 0 Å². The maximum absolute atomic E-state index is 10.3. The minimum absolute atomic E-state index is 0. The fraction of sp³-hybridized carbons (Fsp3) is 0.111. The van der Waals surface area contributed by atoms with Crippen molar-refractivity contribution in [3.8, 4) is 5.75 Å². The molecule has 1 rings (SSSR count). The van der Waals surface area contributed by atoms with E-state index >= 15 is 0 Å². The Labute approximate surface area is 88.6 Å². The van der Waals surface area contributed by atoms with Gasteiger partial charge in [-0.2, -0.15) is 18.3 Å². The van der Waals surface area contributed by atoms with Crippen molar-refractivity contribution in [2.75, 3.05) is 0 Å². The van der Waals surface area contributed by atoms with Crippen LogP contribution in [0, 0.1) is 0 Å². The Morgan fingerprint density at radius 1 is 1.36 bits per heavy atom. The van der Waals surface area contributed by atoms with E-state index in [0.29, 0.717) is 12.2 Å². The highest BCUT2D eigenvalue weighted by atomic mass is 32.2. The van der Waals surface area contributed by atoms with Gasteiger partial charge in [-0.1, -0.05) is 24.3 Å². The summed E-state index contributed by atoms with van der Waals surface area (Å²) in [5.74, 6) is 0.374. The summed E-state index contributed by atoms with van der Waals surface area (Å²) in [6.45, 7) is 3.57. The fourth-order valence-corrected chi connectivity index (χ4v) is 1.34. The molecule has 3 nitrogen and oxygen atoms in total. The molecule has 1 aromatic carbocycles. The van der Waals surface area contributed by atoms with Crippen LogP contribution in [0.4, 0.5) is 0 Å². The zero-order chi connectivity index (χ0) is 9.68. The zero-order valence-electron chi connectivity index (χ0n) is 7.68. The van der Waals surface area contributed by atoms with Gasteiger partial charge in [-0.3, -0.25) is 0 Å². The molecule has 0 aromatic heterocycles. The van der Waals surface area contributed by atoms with Gasteiger partial charge in [0.2, 0.25) is 0 Å². The van der Waals surface area contributed by atoms with Gasteiger partial charge < -0.3 is 4.18 Å². The SMILES string of the molecule is C=CCc1ccccc1O[SH](=O)=O.P. The van der Waals surface area contributed by atoms with E-state index in [2.05, 4.69) is 10.8 Å². The molecule has 0 spiro atoms. The Morgan fingerprint density at radius 2 is 2.00 bits per heavy atom. The Balaban J connectivity index is 0.00000169. The molecular weight excluding hydrogens is 219 g/mol. The van der Waals surface area contributed by atoms with Crippen molar-refractivity contribution in [3.63, 3.8) is 0 Å². The number of rotatable bonds is 4. The van der Waals surface area contributed by atoms with Crippen LogP contribution in [0.15, 0.2) is 36.9 Å². The van der Waals surface area contributed by atoms with Crippen LogP contribution in [0.5, 0.6) is 5.75 Å². The van der Waals surface area contributed by atoms with Crippen LogP contribution in [0.2, 0.25) is 0 Å². The van der Waals surface area contributed by atoms with E-state index in [1.807, 2.05) is 6.07 Å². The van der Waals surface area contributed by atoms with Crippen molar-refractivity contribution >= 4 is 20.9 Å². The standard InChI is InChI=1S/C9H10O3S.H3P/c1-2-5-8-6-3-4-7-9(8)12-13(10)11;/h2-4,6-7,13H,1,5H2;1H3. The molecule has 14 heavy (non-hydrogen) atoms. The van der Waals surface area contributed by atoms with E-state index in [0.717, 1.165) is 5.56 Å². The summed E-state index contributed by atoms with van der Waals surface area (Å²) in [5, 5.41) is 0. The van der Waals surface area contributed by atoms with E-state index in [1.54, 1.807) is 24.3 Å². The van der Waals surface area contributed by atoms with Crippen molar-refractivity contribution < 1.29 is 12.6 Å². The topological polar surface area (TPSA) is 43.4 Å². The third-order valence-corrected chi connectivity index (χ3v) is 1.86. The number of thiol groups is 1. The van der Waals surface area contributed by atoms with Gasteiger partial charge in [0.1, 0.15) is 5.75 Å². The van der Waals surface area contributed by atoms with Gasteiger partial charge in [-0.05, 0) is 18.1 Å². The first-order valence-electron chi connectivity index (χ1n) is 3.75. The predicted molar refractivity (Wildman–Crippen MR) is 62.4 cm³/mol. The highest BCUT2D eigenvalue weighted by molar-refractivity contribution is 7.67. The summed E-state index contributed by atoms with van der Waals surface area (Å²) in [5.41, 5.74) is 0.816. The van der Waals surface area contributed by atoms with Gasteiger partial charge in [0, 0.05) is 0 Å². The summed E-state index contributed by atoms with van der Waals surface area (Å²) >= 11 is 0. The van der Waals surface area contributed by atoms with Crippen LogP contribution >= 0.6 is 9.90 Å². The normalized spacial score (nSPS) is 9.21. The van der Waals surface area contributed by atoms with Gasteiger partial charge in [0.25, 0.3) is 11.0 Å². The summed E-state index contributed by atoms with van der Waals surface area (Å²) in [6.07, 6.45) is 2.29. The summed E-state index contributed by atoms with van der Waals surface area (Å²) in [4.78, 5) is 0. The number of allylic oxidation sites excluding steroid dienone is 1. The molecule has 0 amide bonds. The van der Waals surface area contributed by atoms with Crippen molar-refractivity contribution in [2.45, 2.75) is 6.42 Å². The van der Waals surface area contributed by atoms with Crippen molar-refractivity contribution in [3.05, 3.63) is 42.5 Å². The molecule has 0 saturated carbocycles. The van der Waals surface area contributed by atoms with Crippen LogP contribution in [-0.2, 0) is 17.4 Å². The number of para-hydroxylation sites is 1. The number of benzene rings is 1. The van der Waals surface area contributed by atoms with Gasteiger partial charge in [0.15, 0.2) is 0 Å². The van der Waals surface area contributed by atoms with Crippen LogP contribution in [0.3, 0.4) is 0 Å². The number of hydrogen-bond donors (Lipinski definition) is 1. The first-order valence-corrected chi connectivity index (χ1v) is 4.84. The molecule has 0 bridgehead atoms. The fourth-order valence-electron chi connectivity index (χ4n) is 0.997. The largest absolute Gasteiger partial charge is 0.384 e. The quantitative estimate of drug-likeness (QED) is 0.484. The van der Waals surface area contributed by atoms with Gasteiger partial charge in [-0.25, -0.2) is 0 Å². The van der Waals surface area contributed by atoms with Crippen LogP contribution in [0.25, 0.3) is 0 Å². The molecule has 0 fully saturated rings. The summed E-state index contributed by atoms with van der Waals surface area (Å²) < 4.78 is 25.2.